The van der Waals surface area contributed by atoms with Gasteiger partial charge in [-0.2, -0.15) is 0 Å². The Bertz CT molecular complexity index is 854. The van der Waals surface area contributed by atoms with Crippen molar-refractivity contribution in [2.24, 2.45) is 29.4 Å². The molecule has 1 aromatic carbocycles. The lowest BCUT2D eigenvalue weighted by Gasteiger charge is -2.32. The van der Waals surface area contributed by atoms with Gasteiger partial charge in [0.05, 0.1) is 12.2 Å². The minimum atomic E-state index is -0.346. The van der Waals surface area contributed by atoms with E-state index in [4.69, 9.17) is 15.2 Å². The van der Waals surface area contributed by atoms with E-state index >= 15 is 0 Å². The summed E-state index contributed by atoms with van der Waals surface area (Å²) in [6.45, 7) is 2.44. The molecule has 0 heterocycles. The maximum atomic E-state index is 12.6. The molecular weight excluding hydrogens is 466 g/mol. The first-order chi connectivity index (χ1) is 18.0. The molecule has 4 N–H and O–H groups in total. The van der Waals surface area contributed by atoms with Crippen molar-refractivity contribution < 1.29 is 24.5 Å². The van der Waals surface area contributed by atoms with Gasteiger partial charge in [0.2, 0.25) is 0 Å². The van der Waals surface area contributed by atoms with Crippen LogP contribution in [-0.4, -0.2) is 47.6 Å². The van der Waals surface area contributed by atoms with Crippen LogP contribution in [-0.2, 0) is 22.4 Å². The van der Waals surface area contributed by atoms with Gasteiger partial charge in [-0.15, -0.1) is 0 Å². The van der Waals surface area contributed by atoms with Crippen LogP contribution in [0.4, 0.5) is 0 Å². The topological polar surface area (TPSA) is 102 Å². The van der Waals surface area contributed by atoms with Crippen LogP contribution >= 0.6 is 0 Å². The van der Waals surface area contributed by atoms with Gasteiger partial charge >= 0.3 is 5.97 Å². The first kappa shape index (κ1) is 28.4. The van der Waals surface area contributed by atoms with Crippen LogP contribution in [0.2, 0.25) is 0 Å². The van der Waals surface area contributed by atoms with Crippen molar-refractivity contribution in [2.45, 2.75) is 115 Å². The number of aliphatic hydroxyl groups is 2. The molecule has 2 saturated carbocycles. The summed E-state index contributed by atoms with van der Waals surface area (Å²) in [7, 11) is 0. The minimum Gasteiger partial charge on any atom is -0.482 e. The van der Waals surface area contributed by atoms with Gasteiger partial charge in [0.25, 0.3) is 0 Å². The summed E-state index contributed by atoms with van der Waals surface area (Å²) in [6, 6.07) is 6.11. The summed E-state index contributed by atoms with van der Waals surface area (Å²) in [5.74, 6) is 1.87. The summed E-state index contributed by atoms with van der Waals surface area (Å²) in [4.78, 5) is 12.6. The third-order valence-corrected chi connectivity index (χ3v) is 9.36. The van der Waals surface area contributed by atoms with E-state index in [1.54, 1.807) is 0 Å². The highest BCUT2D eigenvalue weighted by molar-refractivity contribution is 5.71. The zero-order valence-corrected chi connectivity index (χ0v) is 22.8. The molecule has 0 radical (unpaired) electrons. The number of benzene rings is 1. The predicted molar refractivity (Wildman–Crippen MR) is 145 cm³/mol. The van der Waals surface area contributed by atoms with E-state index in [2.05, 4.69) is 13.0 Å². The van der Waals surface area contributed by atoms with E-state index in [1.165, 1.54) is 43.2 Å². The molecule has 6 nitrogen and oxygen atoms in total. The van der Waals surface area contributed by atoms with E-state index in [-0.39, 0.29) is 36.8 Å². The Kier molecular flexibility index (Phi) is 10.7. The molecule has 6 heteroatoms. The molecule has 0 aromatic heterocycles. The molecule has 0 saturated heterocycles. The van der Waals surface area contributed by atoms with Crippen molar-refractivity contribution in [1.29, 1.82) is 0 Å². The highest BCUT2D eigenvalue weighted by atomic mass is 16.6. The number of hydrogen-bond acceptors (Lipinski definition) is 6. The monoisotopic (exact) mass is 515 g/mol. The molecule has 6 atom stereocenters. The normalized spacial score (nSPS) is 27.2. The molecule has 0 spiro atoms. The van der Waals surface area contributed by atoms with Crippen LogP contribution < -0.4 is 10.5 Å². The molecule has 208 valence electrons. The van der Waals surface area contributed by atoms with Gasteiger partial charge in [0, 0.05) is 6.54 Å². The zero-order valence-electron chi connectivity index (χ0n) is 22.8. The van der Waals surface area contributed by atoms with Crippen LogP contribution in [0.15, 0.2) is 18.2 Å². The molecular formula is C31H49NO5. The van der Waals surface area contributed by atoms with Gasteiger partial charge in [0.15, 0.2) is 6.61 Å². The highest BCUT2D eigenvalue weighted by Gasteiger charge is 2.45. The minimum absolute atomic E-state index is 0.102. The Labute approximate surface area is 223 Å². The smallest absolute Gasteiger partial charge is 0.344 e. The second-order valence-electron chi connectivity index (χ2n) is 11.9. The number of nitrogens with two attached hydrogens (primary N) is 1. The van der Waals surface area contributed by atoms with Gasteiger partial charge in [-0.05, 0) is 92.2 Å². The number of carbonyl (C=O) groups is 1. The number of fused-ring (bicyclic) bond motifs is 2. The molecule has 2 fully saturated rings. The number of unbranched alkanes of at least 4 members (excludes halogenated alkanes) is 2. The largest absolute Gasteiger partial charge is 0.482 e. The van der Waals surface area contributed by atoms with Gasteiger partial charge in [-0.3, -0.25) is 0 Å². The lowest BCUT2D eigenvalue weighted by atomic mass is 9.73. The van der Waals surface area contributed by atoms with E-state index < -0.39 is 0 Å². The molecule has 4 rings (SSSR count). The predicted octanol–water partition coefficient (Wildman–Crippen LogP) is 4.95. The third-order valence-electron chi connectivity index (χ3n) is 9.36. The number of carbonyl (C=O) groups excluding carboxylic acids is 1. The average Bonchev–Trinajstić information content (AvgIpc) is 3.22. The first-order valence-corrected chi connectivity index (χ1v) is 15.0. The van der Waals surface area contributed by atoms with Crippen molar-refractivity contribution in [2.75, 3.05) is 13.2 Å². The zero-order chi connectivity index (χ0) is 26.2. The van der Waals surface area contributed by atoms with Crippen molar-refractivity contribution in [3.8, 4) is 5.75 Å². The Balaban J connectivity index is 1.31. The van der Waals surface area contributed by atoms with E-state index in [0.717, 1.165) is 63.5 Å². The maximum absolute atomic E-state index is 12.6. The number of rotatable bonds is 13. The van der Waals surface area contributed by atoms with E-state index in [1.807, 2.05) is 12.1 Å². The van der Waals surface area contributed by atoms with E-state index in [0.29, 0.717) is 24.3 Å². The molecule has 3 aliphatic carbocycles. The third kappa shape index (κ3) is 7.48. The fourth-order valence-corrected chi connectivity index (χ4v) is 7.28. The number of hydrogen-bond donors (Lipinski definition) is 3. The van der Waals surface area contributed by atoms with Gasteiger partial charge in [-0.1, -0.05) is 57.6 Å². The van der Waals surface area contributed by atoms with Crippen LogP contribution in [0.1, 0.15) is 95.1 Å². The average molecular weight is 516 g/mol. The van der Waals surface area contributed by atoms with Gasteiger partial charge < -0.3 is 25.4 Å². The summed E-state index contributed by atoms with van der Waals surface area (Å²) >= 11 is 0. The summed E-state index contributed by atoms with van der Waals surface area (Å²) in [6.07, 6.45) is 13.5. The second-order valence-corrected chi connectivity index (χ2v) is 11.9. The maximum Gasteiger partial charge on any atom is 0.344 e. The van der Waals surface area contributed by atoms with Crippen LogP contribution in [0.5, 0.6) is 5.75 Å². The fraction of sp³-hybridized carbons (Fsp3) is 0.774. The Morgan fingerprint density at radius 3 is 2.70 bits per heavy atom. The quantitative estimate of drug-likeness (QED) is 0.254. The second kappa shape index (κ2) is 14.0. The summed E-state index contributed by atoms with van der Waals surface area (Å²) < 4.78 is 11.8. The lowest BCUT2D eigenvalue weighted by molar-refractivity contribution is -0.154. The SMILES string of the molecule is CCCCC[C@@H](O)CC[C@@H]1[C@H]2Cc3cccc(OCC(=O)O[C@H](CN)C4CCCCC4)c3C[C@H]2C[C@H]1O. The van der Waals surface area contributed by atoms with Crippen molar-refractivity contribution in [3.05, 3.63) is 29.3 Å². The summed E-state index contributed by atoms with van der Waals surface area (Å²) in [5, 5.41) is 21.3. The van der Waals surface area contributed by atoms with Crippen LogP contribution in [0.3, 0.4) is 0 Å². The molecule has 0 bridgehead atoms. The molecule has 3 aliphatic rings. The van der Waals surface area contributed by atoms with Crippen LogP contribution in [0, 0.1) is 23.7 Å². The molecule has 0 aliphatic heterocycles. The van der Waals surface area contributed by atoms with Gasteiger partial charge in [0.1, 0.15) is 11.9 Å². The number of aliphatic hydroxyl groups excluding tert-OH is 2. The first-order valence-electron chi connectivity index (χ1n) is 15.0. The van der Waals surface area contributed by atoms with Crippen LogP contribution in [0.25, 0.3) is 0 Å². The molecule has 37 heavy (non-hydrogen) atoms. The number of ether oxygens (including phenoxy) is 2. The van der Waals surface area contributed by atoms with Crippen molar-refractivity contribution in [3.63, 3.8) is 0 Å². The van der Waals surface area contributed by atoms with Gasteiger partial charge in [-0.25, -0.2) is 4.79 Å². The Morgan fingerprint density at radius 1 is 1.14 bits per heavy atom. The van der Waals surface area contributed by atoms with E-state index in [9.17, 15) is 15.0 Å². The molecule has 0 amide bonds. The summed E-state index contributed by atoms with van der Waals surface area (Å²) in [5.41, 5.74) is 8.37. The fourth-order valence-electron chi connectivity index (χ4n) is 7.28. The Morgan fingerprint density at radius 2 is 1.95 bits per heavy atom. The number of esters is 1. The Hall–Kier alpha value is -1.63. The lowest BCUT2D eigenvalue weighted by Crippen LogP contribution is -2.36. The highest BCUT2D eigenvalue weighted by Crippen LogP contribution is 2.48. The van der Waals surface area contributed by atoms with Crippen molar-refractivity contribution in [1.82, 2.24) is 0 Å². The molecule has 0 unspecified atom stereocenters. The van der Waals surface area contributed by atoms with Crippen molar-refractivity contribution >= 4 is 5.97 Å². The standard InChI is InChI=1S/C31H49NO5/c1-2-3-5-12-24(33)14-15-25-26-16-22-11-8-13-29(27(22)17-23(26)18-28(25)34)36-20-31(35)37-30(19-32)21-9-6-4-7-10-21/h8,11,13,21,23-26,28,30,33-34H,2-7,9-10,12,14-20,32H2,1H3/t23-,24+,25+,26-,28+,30+/m0/s1. The molecule has 1 aromatic rings.